The molecule has 2 aromatic rings. The Balaban J connectivity index is 2.17. The van der Waals surface area contributed by atoms with E-state index in [0.717, 1.165) is 5.56 Å². The molecule has 0 unspecified atom stereocenters. The number of halogens is 2. The number of phenolic OH excluding ortho intramolecular Hbond substituents is 1. The maximum absolute atomic E-state index is 14.2. The summed E-state index contributed by atoms with van der Waals surface area (Å²) >= 11 is 0. The van der Waals surface area contributed by atoms with E-state index < -0.39 is 11.8 Å². The summed E-state index contributed by atoms with van der Waals surface area (Å²) in [6.45, 7) is 3.93. The van der Waals surface area contributed by atoms with Crippen LogP contribution in [0.15, 0.2) is 48.5 Å². The molecule has 0 aromatic heterocycles. The Morgan fingerprint density at radius 3 is 2.09 bits per heavy atom. The summed E-state index contributed by atoms with van der Waals surface area (Å²) in [6, 6.07) is 11.1. The third kappa shape index (κ3) is 3.42. The minimum Gasteiger partial charge on any atom is -0.508 e. The van der Waals surface area contributed by atoms with Crippen molar-refractivity contribution in [3.05, 3.63) is 59.7 Å². The van der Waals surface area contributed by atoms with Crippen molar-refractivity contribution in [2.75, 3.05) is 5.32 Å². The van der Waals surface area contributed by atoms with Crippen LogP contribution in [0.3, 0.4) is 0 Å². The van der Waals surface area contributed by atoms with Gasteiger partial charge in [-0.25, -0.2) is 0 Å². The van der Waals surface area contributed by atoms with Crippen LogP contribution in [-0.2, 0) is 10.7 Å². The van der Waals surface area contributed by atoms with Gasteiger partial charge in [0.2, 0.25) is 0 Å². The van der Waals surface area contributed by atoms with Crippen LogP contribution in [0.5, 0.6) is 5.75 Å². The van der Waals surface area contributed by atoms with E-state index in [9.17, 15) is 13.6 Å². The van der Waals surface area contributed by atoms with Crippen molar-refractivity contribution >= 4 is 11.6 Å². The molecule has 0 atom stereocenters. The zero-order valence-corrected chi connectivity index (χ0v) is 12.3. The van der Waals surface area contributed by atoms with E-state index in [4.69, 9.17) is 5.11 Å². The number of carbonyl (C=O) groups excluding carboxylic acids is 1. The highest BCUT2D eigenvalue weighted by Gasteiger charge is 2.40. The van der Waals surface area contributed by atoms with Crippen molar-refractivity contribution in [3.8, 4) is 5.75 Å². The number of aromatic hydroxyl groups is 1. The number of alkyl halides is 2. The molecule has 0 bridgehead atoms. The lowest BCUT2D eigenvalue weighted by molar-refractivity contribution is -0.140. The average Bonchev–Trinajstić information content (AvgIpc) is 2.49. The first-order chi connectivity index (χ1) is 10.3. The van der Waals surface area contributed by atoms with E-state index in [0.29, 0.717) is 0 Å². The number of anilines is 1. The van der Waals surface area contributed by atoms with Gasteiger partial charge < -0.3 is 10.4 Å². The molecule has 2 aromatic carbocycles. The molecule has 22 heavy (non-hydrogen) atoms. The fourth-order valence-corrected chi connectivity index (χ4v) is 1.96. The molecular weight excluding hydrogens is 288 g/mol. The zero-order chi connectivity index (χ0) is 16.3. The smallest absolute Gasteiger partial charge is 0.350 e. The van der Waals surface area contributed by atoms with E-state index in [-0.39, 0.29) is 22.9 Å². The Kier molecular flexibility index (Phi) is 4.45. The van der Waals surface area contributed by atoms with Gasteiger partial charge in [0.05, 0.1) is 0 Å². The van der Waals surface area contributed by atoms with Gasteiger partial charge in [-0.15, -0.1) is 0 Å². The molecule has 1 amide bonds. The van der Waals surface area contributed by atoms with Gasteiger partial charge >= 0.3 is 5.92 Å². The molecule has 0 radical (unpaired) electrons. The minimum absolute atomic E-state index is 0.00552. The quantitative estimate of drug-likeness (QED) is 0.830. The Hall–Kier alpha value is -2.43. The highest BCUT2D eigenvalue weighted by Crippen LogP contribution is 2.31. The summed E-state index contributed by atoms with van der Waals surface area (Å²) in [7, 11) is 0. The Bertz CT molecular complexity index is 649. The molecule has 3 nitrogen and oxygen atoms in total. The minimum atomic E-state index is -3.63. The van der Waals surface area contributed by atoms with Crippen molar-refractivity contribution in [2.45, 2.75) is 25.7 Å². The molecule has 2 rings (SSSR count). The van der Waals surface area contributed by atoms with E-state index in [1.54, 1.807) is 12.1 Å². The number of amides is 1. The van der Waals surface area contributed by atoms with Gasteiger partial charge in [0.1, 0.15) is 5.75 Å². The summed E-state index contributed by atoms with van der Waals surface area (Å²) in [6.07, 6.45) is 0. The third-order valence-corrected chi connectivity index (χ3v) is 3.35. The normalized spacial score (nSPS) is 11.5. The molecule has 0 saturated heterocycles. The van der Waals surface area contributed by atoms with E-state index in [1.165, 1.54) is 36.4 Å². The third-order valence-electron chi connectivity index (χ3n) is 3.35. The van der Waals surface area contributed by atoms with Gasteiger partial charge in [-0.05, 0) is 35.7 Å². The predicted octanol–water partition coefficient (Wildman–Crippen LogP) is 4.25. The van der Waals surface area contributed by atoms with Crippen molar-refractivity contribution < 1.29 is 18.7 Å². The van der Waals surface area contributed by atoms with Crippen molar-refractivity contribution in [2.24, 2.45) is 0 Å². The fourth-order valence-electron chi connectivity index (χ4n) is 1.96. The lowest BCUT2D eigenvalue weighted by Gasteiger charge is -2.17. The van der Waals surface area contributed by atoms with Gasteiger partial charge in [-0.1, -0.05) is 38.1 Å². The van der Waals surface area contributed by atoms with Crippen molar-refractivity contribution in [1.82, 2.24) is 0 Å². The largest absolute Gasteiger partial charge is 0.508 e. The number of benzene rings is 2. The highest BCUT2D eigenvalue weighted by atomic mass is 19.3. The van der Waals surface area contributed by atoms with E-state index in [2.05, 4.69) is 5.32 Å². The standard InChI is InChI=1S/C17H17F2NO2/c1-11(2)12-3-5-13(6-4-12)17(18,19)16(22)20-14-7-9-15(21)10-8-14/h3-11,21H,1-2H3,(H,20,22). The molecule has 0 spiro atoms. The molecule has 2 N–H and O–H groups in total. The van der Waals surface area contributed by atoms with Crippen molar-refractivity contribution in [3.63, 3.8) is 0 Å². The highest BCUT2D eigenvalue weighted by molar-refractivity contribution is 5.96. The topological polar surface area (TPSA) is 49.3 Å². The molecule has 0 aliphatic heterocycles. The second-order valence-corrected chi connectivity index (χ2v) is 5.35. The van der Waals surface area contributed by atoms with Gasteiger partial charge in [0.25, 0.3) is 5.91 Å². The molecule has 0 aliphatic rings. The predicted molar refractivity (Wildman–Crippen MR) is 81.2 cm³/mol. The van der Waals surface area contributed by atoms with Gasteiger partial charge in [0.15, 0.2) is 0 Å². The summed E-state index contributed by atoms with van der Waals surface area (Å²) in [4.78, 5) is 11.8. The van der Waals surface area contributed by atoms with Crippen LogP contribution >= 0.6 is 0 Å². The first kappa shape index (κ1) is 15.9. The van der Waals surface area contributed by atoms with Crippen molar-refractivity contribution in [1.29, 1.82) is 0 Å². The van der Waals surface area contributed by atoms with Crippen LogP contribution in [0.1, 0.15) is 30.9 Å². The van der Waals surface area contributed by atoms with E-state index in [1.807, 2.05) is 13.8 Å². The SMILES string of the molecule is CC(C)c1ccc(C(F)(F)C(=O)Nc2ccc(O)cc2)cc1. The maximum atomic E-state index is 14.2. The van der Waals surface area contributed by atoms with Gasteiger partial charge in [0, 0.05) is 11.3 Å². The number of rotatable bonds is 4. The lowest BCUT2D eigenvalue weighted by Crippen LogP contribution is -2.32. The first-order valence-electron chi connectivity index (χ1n) is 6.89. The van der Waals surface area contributed by atoms with Gasteiger partial charge in [-0.2, -0.15) is 8.78 Å². The van der Waals surface area contributed by atoms with Crippen LogP contribution in [0.25, 0.3) is 0 Å². The molecule has 0 aliphatic carbocycles. The van der Waals surface area contributed by atoms with Crippen LogP contribution in [0.2, 0.25) is 0 Å². The zero-order valence-electron chi connectivity index (χ0n) is 12.3. The first-order valence-corrected chi connectivity index (χ1v) is 6.89. The average molecular weight is 305 g/mol. The lowest BCUT2D eigenvalue weighted by atomic mass is 9.99. The van der Waals surface area contributed by atoms with Crippen LogP contribution < -0.4 is 5.32 Å². The van der Waals surface area contributed by atoms with Gasteiger partial charge in [-0.3, -0.25) is 4.79 Å². The molecule has 0 saturated carbocycles. The molecule has 5 heteroatoms. The van der Waals surface area contributed by atoms with Crippen LogP contribution in [0, 0.1) is 0 Å². The Labute approximate surface area is 127 Å². The summed E-state index contributed by atoms with van der Waals surface area (Å²) < 4.78 is 28.4. The summed E-state index contributed by atoms with van der Waals surface area (Å²) in [5.74, 6) is -4.81. The second-order valence-electron chi connectivity index (χ2n) is 5.35. The Morgan fingerprint density at radius 2 is 1.59 bits per heavy atom. The fraction of sp³-hybridized carbons (Fsp3) is 0.235. The monoisotopic (exact) mass is 305 g/mol. The maximum Gasteiger partial charge on any atom is 0.350 e. The molecule has 0 fully saturated rings. The number of hydrogen-bond donors (Lipinski definition) is 2. The summed E-state index contributed by atoms with van der Waals surface area (Å²) in [5.41, 5.74) is 0.771. The van der Waals surface area contributed by atoms with E-state index >= 15 is 0 Å². The van der Waals surface area contributed by atoms with Crippen LogP contribution in [-0.4, -0.2) is 11.0 Å². The second kappa shape index (κ2) is 6.13. The summed E-state index contributed by atoms with van der Waals surface area (Å²) in [5, 5.41) is 11.3. The number of carbonyl (C=O) groups is 1. The molecule has 0 heterocycles. The number of hydrogen-bond acceptors (Lipinski definition) is 2. The number of nitrogens with one attached hydrogen (secondary N) is 1. The molecular formula is C17H17F2NO2. The molecule has 116 valence electrons. The Morgan fingerprint density at radius 1 is 1.05 bits per heavy atom. The van der Waals surface area contributed by atoms with Crippen LogP contribution in [0.4, 0.5) is 14.5 Å². The number of phenols is 1.